The lowest BCUT2D eigenvalue weighted by atomic mass is 9.62. The number of carbonyl (C=O) groups excluding carboxylic acids is 2. The zero-order valence-electron chi connectivity index (χ0n) is 8.30. The van der Waals surface area contributed by atoms with Gasteiger partial charge in [-0.2, -0.15) is 0 Å². The van der Waals surface area contributed by atoms with E-state index in [1.54, 1.807) is 0 Å². The third-order valence-corrected chi connectivity index (χ3v) is 4.56. The van der Waals surface area contributed by atoms with Crippen LogP contribution < -0.4 is 0 Å². The van der Waals surface area contributed by atoms with Gasteiger partial charge in [-0.1, -0.05) is 29.8 Å². The van der Waals surface area contributed by atoms with Crippen molar-refractivity contribution < 1.29 is 14.3 Å². The molecule has 0 spiro atoms. The van der Waals surface area contributed by atoms with Crippen molar-refractivity contribution in [3.05, 3.63) is 0 Å². The molecule has 3 nitrogen and oxygen atoms in total. The average Bonchev–Trinajstić information content (AvgIpc) is 2.23. The van der Waals surface area contributed by atoms with E-state index in [1.165, 1.54) is 0 Å². The number of hydrogen-bond acceptors (Lipinski definition) is 3. The van der Waals surface area contributed by atoms with Crippen molar-refractivity contribution in [2.45, 2.75) is 32.3 Å². The lowest BCUT2D eigenvalue weighted by Gasteiger charge is -2.41. The molecule has 0 aromatic heterocycles. The first kappa shape index (κ1) is 10.1. The normalized spacial score (nSPS) is 39.8. The van der Waals surface area contributed by atoms with Crippen molar-refractivity contribution in [2.24, 2.45) is 11.3 Å². The second-order valence-corrected chi connectivity index (χ2v) is 5.18. The summed E-state index contributed by atoms with van der Waals surface area (Å²) >= 11 is 3.30. The van der Waals surface area contributed by atoms with E-state index in [0.717, 1.165) is 0 Å². The van der Waals surface area contributed by atoms with Gasteiger partial charge >= 0.3 is 5.97 Å². The molecule has 78 valence electrons. The first-order chi connectivity index (χ1) is 6.45. The number of hydrogen-bond donors (Lipinski definition) is 0. The van der Waals surface area contributed by atoms with Crippen LogP contribution in [0.2, 0.25) is 0 Å². The Bertz CT molecular complexity index is 310. The van der Waals surface area contributed by atoms with Crippen LogP contribution in [0.4, 0.5) is 0 Å². The summed E-state index contributed by atoms with van der Waals surface area (Å²) in [7, 11) is 0. The quantitative estimate of drug-likeness (QED) is 0.532. The van der Waals surface area contributed by atoms with Crippen LogP contribution in [0.15, 0.2) is 0 Å². The minimum absolute atomic E-state index is 0.0569. The van der Waals surface area contributed by atoms with Gasteiger partial charge in [0.25, 0.3) is 0 Å². The summed E-state index contributed by atoms with van der Waals surface area (Å²) in [6.07, 6.45) is 1.10. The molecule has 0 aromatic rings. The minimum Gasteiger partial charge on any atom is -0.449 e. The summed E-state index contributed by atoms with van der Waals surface area (Å²) in [5.74, 6) is -0.264. The van der Waals surface area contributed by atoms with Crippen molar-refractivity contribution in [3.8, 4) is 0 Å². The number of fused-ring (bicyclic) bond motifs is 2. The standard InChI is InChI=1S/C10H13BrO3/c1-9(2)6-3-4-7(12)10(9,5-11)14-8(6)13/h6H,3-5H2,1-2H3. The molecule has 2 bridgehead atoms. The predicted molar refractivity (Wildman–Crippen MR) is 54.1 cm³/mol. The molecule has 1 heterocycles. The molecule has 1 aliphatic heterocycles. The first-order valence-electron chi connectivity index (χ1n) is 4.78. The molecule has 0 amide bonds. The summed E-state index contributed by atoms with van der Waals surface area (Å²) in [4.78, 5) is 23.4. The molecule has 2 rings (SSSR count). The van der Waals surface area contributed by atoms with E-state index in [4.69, 9.17) is 4.74 Å². The number of ketones is 1. The van der Waals surface area contributed by atoms with Crippen molar-refractivity contribution in [1.29, 1.82) is 0 Å². The van der Waals surface area contributed by atoms with Gasteiger partial charge in [-0.05, 0) is 6.42 Å². The molecule has 2 unspecified atom stereocenters. The molecule has 0 radical (unpaired) electrons. The third kappa shape index (κ3) is 0.926. The molecule has 4 heteroatoms. The minimum atomic E-state index is -0.910. The Balaban J connectivity index is 2.53. The first-order valence-corrected chi connectivity index (χ1v) is 5.90. The zero-order chi connectivity index (χ0) is 10.6. The number of Topliss-reactive ketones (excluding diaryl/α,β-unsaturated/α-hetero) is 1. The van der Waals surface area contributed by atoms with Gasteiger partial charge < -0.3 is 4.74 Å². The van der Waals surface area contributed by atoms with Gasteiger partial charge in [0, 0.05) is 11.8 Å². The number of alkyl halides is 1. The van der Waals surface area contributed by atoms with Crippen LogP contribution >= 0.6 is 15.9 Å². The highest BCUT2D eigenvalue weighted by atomic mass is 79.9. The summed E-state index contributed by atoms with van der Waals surface area (Å²) < 4.78 is 5.31. The van der Waals surface area contributed by atoms with E-state index in [1.807, 2.05) is 13.8 Å². The Morgan fingerprint density at radius 3 is 2.64 bits per heavy atom. The second kappa shape index (κ2) is 2.81. The fraction of sp³-hybridized carbons (Fsp3) is 0.800. The van der Waals surface area contributed by atoms with Gasteiger partial charge in [0.15, 0.2) is 11.4 Å². The van der Waals surface area contributed by atoms with E-state index >= 15 is 0 Å². The van der Waals surface area contributed by atoms with Crippen molar-refractivity contribution in [1.82, 2.24) is 0 Å². The largest absolute Gasteiger partial charge is 0.449 e. The highest BCUT2D eigenvalue weighted by Gasteiger charge is 2.66. The molecular formula is C10H13BrO3. The molecule has 2 aliphatic rings. The van der Waals surface area contributed by atoms with Gasteiger partial charge in [0.1, 0.15) is 0 Å². The fourth-order valence-corrected chi connectivity index (χ4v) is 3.75. The van der Waals surface area contributed by atoms with Gasteiger partial charge in [-0.15, -0.1) is 0 Å². The molecule has 0 aromatic carbocycles. The summed E-state index contributed by atoms with van der Waals surface area (Å²) in [5.41, 5.74) is -1.28. The van der Waals surface area contributed by atoms with E-state index in [9.17, 15) is 9.59 Å². The maximum Gasteiger partial charge on any atom is 0.310 e. The Morgan fingerprint density at radius 2 is 2.14 bits per heavy atom. The Kier molecular flexibility index (Phi) is 2.04. The van der Waals surface area contributed by atoms with E-state index in [-0.39, 0.29) is 23.1 Å². The van der Waals surface area contributed by atoms with Crippen molar-refractivity contribution >= 4 is 27.7 Å². The molecule has 1 saturated heterocycles. The zero-order valence-corrected chi connectivity index (χ0v) is 9.89. The highest BCUT2D eigenvalue weighted by molar-refractivity contribution is 9.09. The Morgan fingerprint density at radius 1 is 1.50 bits per heavy atom. The fourth-order valence-electron chi connectivity index (χ4n) is 2.60. The molecule has 2 fully saturated rings. The number of ether oxygens (including phenoxy) is 1. The second-order valence-electron chi connectivity index (χ2n) is 4.62. The maximum absolute atomic E-state index is 11.9. The van der Waals surface area contributed by atoms with E-state index in [0.29, 0.717) is 18.2 Å². The van der Waals surface area contributed by atoms with Gasteiger partial charge in [0.05, 0.1) is 11.2 Å². The summed E-state index contributed by atoms with van der Waals surface area (Å²) in [6.45, 7) is 3.89. The van der Waals surface area contributed by atoms with Crippen LogP contribution in [0, 0.1) is 11.3 Å². The summed E-state index contributed by atoms with van der Waals surface area (Å²) in [6, 6.07) is 0. The van der Waals surface area contributed by atoms with Crippen LogP contribution in [-0.4, -0.2) is 22.7 Å². The maximum atomic E-state index is 11.9. The molecule has 1 saturated carbocycles. The Hall–Kier alpha value is -0.380. The van der Waals surface area contributed by atoms with Crippen LogP contribution in [0.3, 0.4) is 0 Å². The topological polar surface area (TPSA) is 43.4 Å². The van der Waals surface area contributed by atoms with E-state index in [2.05, 4.69) is 15.9 Å². The number of rotatable bonds is 1. The average molecular weight is 261 g/mol. The lowest BCUT2D eigenvalue weighted by molar-refractivity contribution is -0.158. The van der Waals surface area contributed by atoms with Crippen LogP contribution in [0.25, 0.3) is 0 Å². The van der Waals surface area contributed by atoms with Gasteiger partial charge in [-0.25, -0.2) is 0 Å². The predicted octanol–water partition coefficient (Wildman–Crippen LogP) is 1.68. The van der Waals surface area contributed by atoms with E-state index < -0.39 is 5.60 Å². The molecule has 1 aliphatic carbocycles. The number of halogens is 1. The van der Waals surface area contributed by atoms with Crippen LogP contribution in [0.5, 0.6) is 0 Å². The molecule has 0 N–H and O–H groups in total. The van der Waals surface area contributed by atoms with Crippen LogP contribution in [-0.2, 0) is 14.3 Å². The third-order valence-electron chi connectivity index (χ3n) is 3.77. The number of carbonyl (C=O) groups is 2. The smallest absolute Gasteiger partial charge is 0.310 e. The monoisotopic (exact) mass is 260 g/mol. The molecular weight excluding hydrogens is 248 g/mol. The van der Waals surface area contributed by atoms with Gasteiger partial charge in [-0.3, -0.25) is 9.59 Å². The van der Waals surface area contributed by atoms with Crippen LogP contribution in [0.1, 0.15) is 26.7 Å². The lowest BCUT2D eigenvalue weighted by Crippen LogP contribution is -2.54. The summed E-state index contributed by atoms with van der Waals surface area (Å²) in [5, 5.41) is 0.411. The Labute approximate surface area is 91.3 Å². The molecule has 2 atom stereocenters. The van der Waals surface area contributed by atoms with Crippen molar-refractivity contribution in [2.75, 3.05) is 5.33 Å². The SMILES string of the molecule is CC1(C)C2CCC(=O)C1(CBr)OC2=O. The van der Waals surface area contributed by atoms with Gasteiger partial charge in [0.2, 0.25) is 0 Å². The molecule has 14 heavy (non-hydrogen) atoms. The number of esters is 1. The van der Waals surface area contributed by atoms with Crippen molar-refractivity contribution in [3.63, 3.8) is 0 Å². The highest BCUT2D eigenvalue weighted by Crippen LogP contribution is 2.54.